The fraction of sp³-hybridized carbons (Fsp3) is 0.476. The lowest BCUT2D eigenvalue weighted by Crippen LogP contribution is -2.45. The maximum atomic E-state index is 13.5. The number of rotatable bonds is 5. The molecule has 0 bridgehead atoms. The van der Waals surface area contributed by atoms with Gasteiger partial charge in [-0.3, -0.25) is 14.4 Å². The van der Waals surface area contributed by atoms with Crippen LogP contribution in [0.5, 0.6) is 0 Å². The first-order valence-electron chi connectivity index (χ1n) is 9.70. The number of furan rings is 1. The van der Waals surface area contributed by atoms with Crippen LogP contribution in [0.2, 0.25) is 0 Å². The topological polar surface area (TPSA) is 80.1 Å². The molecule has 8 heteroatoms. The van der Waals surface area contributed by atoms with Crippen molar-refractivity contribution in [1.82, 2.24) is 9.80 Å². The van der Waals surface area contributed by atoms with Crippen molar-refractivity contribution in [3.05, 3.63) is 35.3 Å². The van der Waals surface area contributed by atoms with Crippen molar-refractivity contribution < 1.29 is 27.9 Å². The van der Waals surface area contributed by atoms with Gasteiger partial charge in [0.15, 0.2) is 5.76 Å². The summed E-state index contributed by atoms with van der Waals surface area (Å²) in [5, 5.41) is 0.536. The van der Waals surface area contributed by atoms with Gasteiger partial charge in [-0.05, 0) is 44.9 Å². The minimum Gasteiger partial charge on any atom is -0.466 e. The molecule has 2 heterocycles. The van der Waals surface area contributed by atoms with Crippen LogP contribution in [0.1, 0.15) is 35.9 Å². The molecule has 2 aromatic rings. The number of benzene rings is 1. The van der Waals surface area contributed by atoms with Crippen molar-refractivity contribution in [1.29, 1.82) is 0 Å². The zero-order chi connectivity index (χ0) is 21.1. The maximum Gasteiger partial charge on any atom is 0.309 e. The monoisotopic (exact) mass is 404 g/mol. The Morgan fingerprint density at radius 2 is 1.97 bits per heavy atom. The molecule has 1 saturated heterocycles. The molecule has 156 valence electrons. The minimum absolute atomic E-state index is 0.0990. The molecule has 1 fully saturated rings. The summed E-state index contributed by atoms with van der Waals surface area (Å²) in [6.45, 7) is 4.60. The fourth-order valence-corrected chi connectivity index (χ4v) is 3.57. The van der Waals surface area contributed by atoms with E-state index in [1.807, 2.05) is 0 Å². The number of aryl methyl sites for hydroxylation is 1. The van der Waals surface area contributed by atoms with E-state index in [4.69, 9.17) is 9.15 Å². The molecule has 0 radical (unpaired) electrons. The molecule has 2 amide bonds. The molecular formula is C21H25FN2O5. The van der Waals surface area contributed by atoms with Crippen LogP contribution < -0.4 is 0 Å². The highest BCUT2D eigenvalue weighted by Crippen LogP contribution is 2.27. The molecule has 1 aliphatic heterocycles. The molecule has 0 spiro atoms. The van der Waals surface area contributed by atoms with Crippen LogP contribution in [-0.4, -0.2) is 60.9 Å². The molecule has 1 aromatic carbocycles. The molecule has 1 aliphatic rings. The van der Waals surface area contributed by atoms with Crippen LogP contribution in [-0.2, 0) is 14.3 Å². The molecule has 3 rings (SSSR count). The third-order valence-corrected chi connectivity index (χ3v) is 5.28. The Labute approximate surface area is 168 Å². The number of fused-ring (bicyclic) bond motifs is 1. The van der Waals surface area contributed by atoms with E-state index in [9.17, 15) is 18.8 Å². The summed E-state index contributed by atoms with van der Waals surface area (Å²) in [5.74, 6) is -1.34. The molecule has 0 atom stereocenters. The Hall–Kier alpha value is -2.90. The summed E-state index contributed by atoms with van der Waals surface area (Å²) in [5.41, 5.74) is 0.965. The zero-order valence-corrected chi connectivity index (χ0v) is 16.9. The second-order valence-electron chi connectivity index (χ2n) is 7.26. The van der Waals surface area contributed by atoms with Gasteiger partial charge in [0.05, 0.1) is 19.1 Å². The lowest BCUT2D eigenvalue weighted by molar-refractivity contribution is -0.151. The van der Waals surface area contributed by atoms with Crippen molar-refractivity contribution in [2.24, 2.45) is 5.92 Å². The maximum absolute atomic E-state index is 13.5. The van der Waals surface area contributed by atoms with Crippen LogP contribution >= 0.6 is 0 Å². The van der Waals surface area contributed by atoms with Crippen molar-refractivity contribution in [2.45, 2.75) is 26.7 Å². The number of carbonyl (C=O) groups excluding carboxylic acids is 3. The predicted molar refractivity (Wildman–Crippen MR) is 104 cm³/mol. The number of hydrogen-bond acceptors (Lipinski definition) is 5. The average molecular weight is 404 g/mol. The third kappa shape index (κ3) is 4.41. The number of halogens is 1. The fourth-order valence-electron chi connectivity index (χ4n) is 3.57. The molecule has 0 unspecified atom stereocenters. The van der Waals surface area contributed by atoms with Gasteiger partial charge >= 0.3 is 5.97 Å². The number of likely N-dealkylation sites (N-methyl/N-ethyl adjacent to an activating group) is 1. The number of carbonyl (C=O) groups is 3. The Morgan fingerprint density at radius 1 is 1.28 bits per heavy atom. The van der Waals surface area contributed by atoms with Gasteiger partial charge in [0.1, 0.15) is 11.4 Å². The number of nitrogens with zero attached hydrogens (tertiary/aromatic N) is 2. The summed E-state index contributed by atoms with van der Waals surface area (Å²) in [6, 6.07) is 4.07. The van der Waals surface area contributed by atoms with Crippen molar-refractivity contribution >= 4 is 28.8 Å². The quantitative estimate of drug-likeness (QED) is 0.716. The van der Waals surface area contributed by atoms with Gasteiger partial charge in [-0.15, -0.1) is 0 Å². The first kappa shape index (κ1) is 20.8. The van der Waals surface area contributed by atoms with Crippen molar-refractivity contribution in [2.75, 3.05) is 33.3 Å². The standard InChI is InChI=1S/C21H25FN2O5/c1-4-28-21(27)14-7-9-24(10-8-14)18(25)12-23(3)20(26)19-13(2)16-11-15(22)5-6-17(16)29-19/h5-6,11,14H,4,7-10,12H2,1-3H3. The highest BCUT2D eigenvalue weighted by atomic mass is 19.1. The summed E-state index contributed by atoms with van der Waals surface area (Å²) in [7, 11) is 1.53. The lowest BCUT2D eigenvalue weighted by atomic mass is 9.97. The van der Waals surface area contributed by atoms with Crippen LogP contribution in [0, 0.1) is 18.7 Å². The van der Waals surface area contributed by atoms with E-state index in [1.165, 1.54) is 30.1 Å². The summed E-state index contributed by atoms with van der Waals surface area (Å²) < 4.78 is 24.1. The summed E-state index contributed by atoms with van der Waals surface area (Å²) in [6.07, 6.45) is 1.10. The van der Waals surface area contributed by atoms with E-state index >= 15 is 0 Å². The Bertz CT molecular complexity index is 931. The van der Waals surface area contributed by atoms with Gasteiger partial charge in [-0.25, -0.2) is 4.39 Å². The van der Waals surface area contributed by atoms with Gasteiger partial charge < -0.3 is 19.0 Å². The number of likely N-dealkylation sites (tertiary alicyclic amines) is 1. The number of hydrogen-bond donors (Lipinski definition) is 0. The van der Waals surface area contributed by atoms with Gasteiger partial charge in [0.2, 0.25) is 5.91 Å². The summed E-state index contributed by atoms with van der Waals surface area (Å²) >= 11 is 0. The van der Waals surface area contributed by atoms with Crippen LogP contribution in [0.4, 0.5) is 4.39 Å². The molecule has 0 N–H and O–H groups in total. The van der Waals surface area contributed by atoms with Crippen molar-refractivity contribution in [3.8, 4) is 0 Å². The molecular weight excluding hydrogens is 379 g/mol. The molecule has 0 saturated carbocycles. The number of esters is 1. The van der Waals surface area contributed by atoms with Crippen LogP contribution in [0.3, 0.4) is 0 Å². The number of ether oxygens (including phenoxy) is 1. The van der Waals surface area contributed by atoms with E-state index < -0.39 is 11.7 Å². The smallest absolute Gasteiger partial charge is 0.309 e. The van der Waals surface area contributed by atoms with E-state index in [2.05, 4.69) is 0 Å². The van der Waals surface area contributed by atoms with Gasteiger partial charge in [-0.1, -0.05) is 0 Å². The van der Waals surface area contributed by atoms with E-state index in [-0.39, 0.29) is 30.1 Å². The SMILES string of the molecule is CCOC(=O)C1CCN(C(=O)CN(C)C(=O)c2oc3ccc(F)cc3c2C)CC1. The van der Waals surface area contributed by atoms with E-state index in [0.29, 0.717) is 49.1 Å². The second-order valence-corrected chi connectivity index (χ2v) is 7.26. The van der Waals surface area contributed by atoms with Crippen LogP contribution in [0.15, 0.2) is 22.6 Å². The normalized spacial score (nSPS) is 14.8. The molecule has 0 aliphatic carbocycles. The Morgan fingerprint density at radius 3 is 2.62 bits per heavy atom. The lowest BCUT2D eigenvalue weighted by Gasteiger charge is -2.32. The van der Waals surface area contributed by atoms with Gasteiger partial charge in [0, 0.05) is 31.1 Å². The zero-order valence-electron chi connectivity index (χ0n) is 16.9. The summed E-state index contributed by atoms with van der Waals surface area (Å²) in [4.78, 5) is 40.1. The van der Waals surface area contributed by atoms with E-state index in [0.717, 1.165) is 0 Å². The minimum atomic E-state index is -0.436. The molecule has 29 heavy (non-hydrogen) atoms. The first-order chi connectivity index (χ1) is 13.8. The first-order valence-corrected chi connectivity index (χ1v) is 9.70. The highest BCUT2D eigenvalue weighted by Gasteiger charge is 2.30. The van der Waals surface area contributed by atoms with Crippen molar-refractivity contribution in [3.63, 3.8) is 0 Å². The largest absolute Gasteiger partial charge is 0.466 e. The average Bonchev–Trinajstić information content (AvgIpc) is 3.03. The molecule has 1 aromatic heterocycles. The van der Waals surface area contributed by atoms with Gasteiger partial charge in [-0.2, -0.15) is 0 Å². The predicted octanol–water partition coefficient (Wildman–Crippen LogP) is 2.75. The third-order valence-electron chi connectivity index (χ3n) is 5.28. The molecule has 7 nitrogen and oxygen atoms in total. The number of amides is 2. The highest BCUT2D eigenvalue weighted by molar-refractivity contribution is 6.00. The Kier molecular flexibility index (Phi) is 6.20. The number of piperidine rings is 1. The van der Waals surface area contributed by atoms with Crippen LogP contribution in [0.25, 0.3) is 11.0 Å². The van der Waals surface area contributed by atoms with E-state index in [1.54, 1.807) is 18.7 Å². The Balaban J connectivity index is 1.61. The van der Waals surface area contributed by atoms with Gasteiger partial charge in [0.25, 0.3) is 5.91 Å². The second kappa shape index (κ2) is 8.63.